The minimum absolute atomic E-state index is 0.386. The van der Waals surface area contributed by atoms with Crippen molar-refractivity contribution in [2.24, 2.45) is 11.8 Å². The molecule has 0 saturated carbocycles. The van der Waals surface area contributed by atoms with E-state index >= 15 is 0 Å². The van der Waals surface area contributed by atoms with Crippen LogP contribution in [-0.2, 0) is 9.59 Å². The lowest BCUT2D eigenvalue weighted by Crippen LogP contribution is -2.18. The molecule has 15 heavy (non-hydrogen) atoms. The Morgan fingerprint density at radius 1 is 0.933 bits per heavy atom. The molecule has 2 unspecified atom stereocenters. The number of hydrogen-bond acceptors (Lipinski definition) is 2. The molecule has 4 heteroatoms. The molecule has 88 valence electrons. The van der Waals surface area contributed by atoms with Crippen molar-refractivity contribution in [1.82, 2.24) is 0 Å². The van der Waals surface area contributed by atoms with Crippen LogP contribution in [0.5, 0.6) is 0 Å². The minimum atomic E-state index is -0.821. The van der Waals surface area contributed by atoms with Gasteiger partial charge in [-0.15, -0.1) is 0 Å². The Morgan fingerprint density at radius 2 is 1.40 bits per heavy atom. The Bertz CT molecular complexity index is 213. The highest BCUT2D eigenvalue weighted by Gasteiger charge is 2.21. The monoisotopic (exact) mass is 216 g/mol. The fourth-order valence-electron chi connectivity index (χ4n) is 1.64. The van der Waals surface area contributed by atoms with Gasteiger partial charge in [0, 0.05) is 0 Å². The molecular weight excluding hydrogens is 196 g/mol. The highest BCUT2D eigenvalue weighted by molar-refractivity contribution is 5.71. The molecule has 2 N–H and O–H groups in total. The lowest BCUT2D eigenvalue weighted by molar-refractivity contribution is -0.145. The third-order valence-corrected chi connectivity index (χ3v) is 2.69. The average molecular weight is 216 g/mol. The predicted octanol–water partition coefficient (Wildman–Crippen LogP) is 2.38. The summed E-state index contributed by atoms with van der Waals surface area (Å²) in [4.78, 5) is 21.5. The third-order valence-electron chi connectivity index (χ3n) is 2.69. The predicted molar refractivity (Wildman–Crippen MR) is 56.7 cm³/mol. The van der Waals surface area contributed by atoms with E-state index < -0.39 is 17.9 Å². The molecule has 2 atom stereocenters. The number of rotatable bonds is 8. The summed E-state index contributed by atoms with van der Waals surface area (Å²) in [5, 5.41) is 17.7. The van der Waals surface area contributed by atoms with Crippen molar-refractivity contribution in [2.75, 3.05) is 0 Å². The van der Waals surface area contributed by atoms with Gasteiger partial charge in [0.2, 0.25) is 0 Å². The Balaban J connectivity index is 4.07. The Kier molecular flexibility index (Phi) is 6.75. The van der Waals surface area contributed by atoms with Crippen molar-refractivity contribution in [1.29, 1.82) is 0 Å². The van der Waals surface area contributed by atoms with E-state index in [1.165, 1.54) is 0 Å². The molecule has 4 nitrogen and oxygen atoms in total. The second kappa shape index (κ2) is 7.26. The molecule has 0 aromatic carbocycles. The van der Waals surface area contributed by atoms with Crippen LogP contribution in [-0.4, -0.2) is 22.2 Å². The minimum Gasteiger partial charge on any atom is -0.481 e. The van der Waals surface area contributed by atoms with E-state index in [2.05, 4.69) is 0 Å². The highest BCUT2D eigenvalue weighted by Crippen LogP contribution is 2.19. The smallest absolute Gasteiger partial charge is 0.306 e. The average Bonchev–Trinajstić information content (AvgIpc) is 2.16. The van der Waals surface area contributed by atoms with Gasteiger partial charge in [-0.3, -0.25) is 9.59 Å². The van der Waals surface area contributed by atoms with Crippen LogP contribution in [0.25, 0.3) is 0 Å². The van der Waals surface area contributed by atoms with Crippen molar-refractivity contribution < 1.29 is 19.8 Å². The summed E-state index contributed by atoms with van der Waals surface area (Å²) in [5.74, 6) is -2.41. The molecule has 0 aliphatic heterocycles. The molecule has 0 radical (unpaired) electrons. The second-order valence-electron chi connectivity index (χ2n) is 3.84. The molecule has 0 aromatic heterocycles. The molecule has 0 spiro atoms. The molecule has 0 heterocycles. The Labute approximate surface area is 90.3 Å². The zero-order valence-corrected chi connectivity index (χ0v) is 9.40. The molecule has 0 aromatic rings. The molecule has 0 fully saturated rings. The van der Waals surface area contributed by atoms with Crippen molar-refractivity contribution in [2.45, 2.75) is 46.0 Å². The van der Waals surface area contributed by atoms with Crippen LogP contribution in [0.3, 0.4) is 0 Å². The quantitative estimate of drug-likeness (QED) is 0.653. The Hall–Kier alpha value is -1.06. The summed E-state index contributed by atoms with van der Waals surface area (Å²) >= 11 is 0. The van der Waals surface area contributed by atoms with Gasteiger partial charge >= 0.3 is 11.9 Å². The van der Waals surface area contributed by atoms with Gasteiger partial charge in [-0.25, -0.2) is 0 Å². The zero-order chi connectivity index (χ0) is 11.8. The van der Waals surface area contributed by atoms with Gasteiger partial charge in [0.05, 0.1) is 11.8 Å². The van der Waals surface area contributed by atoms with Crippen molar-refractivity contribution in [3.05, 3.63) is 0 Å². The SMILES string of the molecule is CCCC(CCC(CC)C(=O)O)C(=O)O. The zero-order valence-electron chi connectivity index (χ0n) is 9.40. The van der Waals surface area contributed by atoms with E-state index in [9.17, 15) is 9.59 Å². The van der Waals surface area contributed by atoms with Crippen molar-refractivity contribution in [3.63, 3.8) is 0 Å². The third kappa shape index (κ3) is 5.40. The summed E-state index contributed by atoms with van der Waals surface area (Å²) in [6, 6.07) is 0. The standard InChI is InChI=1S/C11H20O4/c1-3-5-9(11(14)15)7-6-8(4-2)10(12)13/h8-9H,3-7H2,1-2H3,(H,12,13)(H,14,15). The fraction of sp³-hybridized carbons (Fsp3) is 0.818. The molecule has 0 saturated heterocycles. The molecule has 0 amide bonds. The van der Waals surface area contributed by atoms with Crippen LogP contribution in [0.2, 0.25) is 0 Å². The van der Waals surface area contributed by atoms with E-state index in [1.807, 2.05) is 13.8 Å². The van der Waals surface area contributed by atoms with E-state index in [-0.39, 0.29) is 5.92 Å². The molecule has 0 bridgehead atoms. The van der Waals surface area contributed by atoms with Crippen LogP contribution in [0.1, 0.15) is 46.0 Å². The van der Waals surface area contributed by atoms with Crippen LogP contribution < -0.4 is 0 Å². The van der Waals surface area contributed by atoms with E-state index in [0.29, 0.717) is 25.7 Å². The first-order valence-electron chi connectivity index (χ1n) is 5.48. The maximum absolute atomic E-state index is 10.8. The fourth-order valence-corrected chi connectivity index (χ4v) is 1.64. The van der Waals surface area contributed by atoms with Crippen molar-refractivity contribution >= 4 is 11.9 Å². The van der Waals surface area contributed by atoms with Crippen LogP contribution in [0.15, 0.2) is 0 Å². The topological polar surface area (TPSA) is 74.6 Å². The summed E-state index contributed by atoms with van der Waals surface area (Å²) in [6.45, 7) is 3.75. The number of carboxylic acid groups (broad SMARTS) is 2. The number of carbonyl (C=O) groups is 2. The first-order chi connectivity index (χ1) is 7.02. The molecule has 0 rings (SSSR count). The van der Waals surface area contributed by atoms with Gasteiger partial charge in [0.1, 0.15) is 0 Å². The molecule has 0 aliphatic rings. The largest absolute Gasteiger partial charge is 0.481 e. The summed E-state index contributed by atoms with van der Waals surface area (Å²) in [5.41, 5.74) is 0. The van der Waals surface area contributed by atoms with E-state index in [0.717, 1.165) is 6.42 Å². The van der Waals surface area contributed by atoms with Gasteiger partial charge < -0.3 is 10.2 Å². The maximum atomic E-state index is 10.8. The lowest BCUT2D eigenvalue weighted by Gasteiger charge is -2.14. The van der Waals surface area contributed by atoms with Gasteiger partial charge in [-0.2, -0.15) is 0 Å². The first kappa shape index (κ1) is 13.9. The van der Waals surface area contributed by atoms with Crippen LogP contribution in [0.4, 0.5) is 0 Å². The summed E-state index contributed by atoms with van der Waals surface area (Å²) in [7, 11) is 0. The number of hydrogen-bond donors (Lipinski definition) is 2. The number of aliphatic carboxylic acids is 2. The first-order valence-corrected chi connectivity index (χ1v) is 5.48. The van der Waals surface area contributed by atoms with Gasteiger partial charge in [-0.05, 0) is 25.7 Å². The lowest BCUT2D eigenvalue weighted by atomic mass is 9.91. The number of carboxylic acids is 2. The van der Waals surface area contributed by atoms with Gasteiger partial charge in [-0.1, -0.05) is 20.3 Å². The van der Waals surface area contributed by atoms with Crippen LogP contribution >= 0.6 is 0 Å². The van der Waals surface area contributed by atoms with Crippen LogP contribution in [0, 0.1) is 11.8 Å². The highest BCUT2D eigenvalue weighted by atomic mass is 16.4. The molecule has 0 aliphatic carbocycles. The van der Waals surface area contributed by atoms with E-state index in [1.54, 1.807) is 0 Å². The van der Waals surface area contributed by atoms with Gasteiger partial charge in [0.15, 0.2) is 0 Å². The van der Waals surface area contributed by atoms with E-state index in [4.69, 9.17) is 10.2 Å². The van der Waals surface area contributed by atoms with Crippen molar-refractivity contribution in [3.8, 4) is 0 Å². The summed E-state index contributed by atoms with van der Waals surface area (Å²) in [6.07, 6.45) is 2.94. The summed E-state index contributed by atoms with van der Waals surface area (Å²) < 4.78 is 0. The Morgan fingerprint density at radius 3 is 1.73 bits per heavy atom. The normalized spacial score (nSPS) is 14.5. The second-order valence-corrected chi connectivity index (χ2v) is 3.84. The maximum Gasteiger partial charge on any atom is 0.306 e. The van der Waals surface area contributed by atoms with Gasteiger partial charge in [0.25, 0.3) is 0 Å². The molecular formula is C11H20O4.